The average molecular weight is 386 g/mol. The molecule has 0 unspecified atom stereocenters. The standard InChI is InChI=1S/C19H22N4O3S/c1-13-7-8-14(2)17(11-13)27(25,26)21-10-9-19(24)20-12-18-22-15-5-3-4-6-16(15)23-18/h3-8,11,21H,9-10,12H2,1-2H3,(H,20,24)(H,22,23). The van der Waals surface area contributed by atoms with Crippen molar-refractivity contribution in [1.29, 1.82) is 0 Å². The van der Waals surface area contributed by atoms with Crippen LogP contribution >= 0.6 is 0 Å². The number of fused-ring (bicyclic) bond motifs is 1. The van der Waals surface area contributed by atoms with Crippen molar-refractivity contribution in [3.63, 3.8) is 0 Å². The van der Waals surface area contributed by atoms with E-state index in [0.717, 1.165) is 16.6 Å². The fourth-order valence-corrected chi connectivity index (χ4v) is 4.09. The first kappa shape index (κ1) is 19.1. The van der Waals surface area contributed by atoms with E-state index in [1.54, 1.807) is 19.1 Å². The number of imidazole rings is 1. The fraction of sp³-hybridized carbons (Fsp3) is 0.263. The van der Waals surface area contributed by atoms with E-state index < -0.39 is 10.0 Å². The summed E-state index contributed by atoms with van der Waals surface area (Å²) in [5.74, 6) is 0.402. The Labute approximate surface area is 158 Å². The number of carbonyl (C=O) groups is 1. The number of nitrogens with zero attached hydrogens (tertiary/aromatic N) is 1. The fourth-order valence-electron chi connectivity index (χ4n) is 2.73. The minimum Gasteiger partial charge on any atom is -0.349 e. The van der Waals surface area contributed by atoms with E-state index in [1.807, 2.05) is 37.3 Å². The molecule has 0 radical (unpaired) electrons. The zero-order valence-corrected chi connectivity index (χ0v) is 16.1. The Hall–Kier alpha value is -2.71. The predicted octanol–water partition coefficient (Wildman–Crippen LogP) is 2.16. The highest BCUT2D eigenvalue weighted by molar-refractivity contribution is 7.89. The van der Waals surface area contributed by atoms with Gasteiger partial charge in [-0.15, -0.1) is 0 Å². The number of aromatic nitrogens is 2. The molecule has 7 nitrogen and oxygen atoms in total. The molecule has 0 aliphatic heterocycles. The normalized spacial score (nSPS) is 11.6. The predicted molar refractivity (Wildman–Crippen MR) is 104 cm³/mol. The molecule has 0 fully saturated rings. The van der Waals surface area contributed by atoms with Gasteiger partial charge in [-0.05, 0) is 43.2 Å². The van der Waals surface area contributed by atoms with Crippen LogP contribution in [0.2, 0.25) is 0 Å². The molecule has 0 saturated heterocycles. The van der Waals surface area contributed by atoms with Crippen LogP contribution in [0.3, 0.4) is 0 Å². The van der Waals surface area contributed by atoms with Crippen LogP contribution in [-0.2, 0) is 21.4 Å². The average Bonchev–Trinajstić information content (AvgIpc) is 3.05. The van der Waals surface area contributed by atoms with Crippen LogP contribution in [0.1, 0.15) is 23.4 Å². The lowest BCUT2D eigenvalue weighted by Gasteiger charge is -2.10. The van der Waals surface area contributed by atoms with Crippen LogP contribution in [-0.4, -0.2) is 30.8 Å². The first-order chi connectivity index (χ1) is 12.8. The SMILES string of the molecule is Cc1ccc(C)c(S(=O)(=O)NCCC(=O)NCc2nc3ccccc3[nH]2)c1. The highest BCUT2D eigenvalue weighted by Gasteiger charge is 2.17. The minimum atomic E-state index is -3.64. The van der Waals surface area contributed by atoms with Gasteiger partial charge in [0.05, 0.1) is 22.5 Å². The van der Waals surface area contributed by atoms with Gasteiger partial charge in [0.25, 0.3) is 0 Å². The van der Waals surface area contributed by atoms with Gasteiger partial charge in [0.15, 0.2) is 0 Å². The van der Waals surface area contributed by atoms with Crippen molar-refractivity contribution in [3.05, 3.63) is 59.4 Å². The van der Waals surface area contributed by atoms with E-state index in [4.69, 9.17) is 0 Å². The van der Waals surface area contributed by atoms with Crippen LogP contribution < -0.4 is 10.0 Å². The Morgan fingerprint density at radius 1 is 1.15 bits per heavy atom. The van der Waals surface area contributed by atoms with E-state index in [1.165, 1.54) is 0 Å². The number of carbonyl (C=O) groups excluding carboxylic acids is 1. The lowest BCUT2D eigenvalue weighted by molar-refractivity contribution is -0.121. The zero-order valence-electron chi connectivity index (χ0n) is 15.2. The van der Waals surface area contributed by atoms with Crippen molar-refractivity contribution in [3.8, 4) is 0 Å². The topological polar surface area (TPSA) is 104 Å². The molecule has 0 aliphatic rings. The number of hydrogen-bond donors (Lipinski definition) is 3. The molecule has 2 aromatic carbocycles. The van der Waals surface area contributed by atoms with Crippen LogP contribution in [0, 0.1) is 13.8 Å². The Bertz CT molecular complexity index is 1040. The van der Waals surface area contributed by atoms with Gasteiger partial charge >= 0.3 is 0 Å². The highest BCUT2D eigenvalue weighted by atomic mass is 32.2. The maximum Gasteiger partial charge on any atom is 0.240 e. The van der Waals surface area contributed by atoms with Gasteiger partial charge in [-0.1, -0.05) is 24.3 Å². The van der Waals surface area contributed by atoms with E-state index in [2.05, 4.69) is 20.0 Å². The first-order valence-electron chi connectivity index (χ1n) is 8.62. The molecular formula is C19H22N4O3S. The van der Waals surface area contributed by atoms with Crippen LogP contribution in [0.4, 0.5) is 0 Å². The zero-order chi connectivity index (χ0) is 19.4. The Morgan fingerprint density at radius 2 is 1.93 bits per heavy atom. The number of benzene rings is 2. The quantitative estimate of drug-likeness (QED) is 0.579. The summed E-state index contributed by atoms with van der Waals surface area (Å²) >= 11 is 0. The lowest BCUT2D eigenvalue weighted by Crippen LogP contribution is -2.31. The van der Waals surface area contributed by atoms with Gasteiger partial charge in [-0.2, -0.15) is 0 Å². The van der Waals surface area contributed by atoms with Crippen LogP contribution in [0.5, 0.6) is 0 Å². The van der Waals surface area contributed by atoms with Crippen molar-refractivity contribution in [2.24, 2.45) is 0 Å². The summed E-state index contributed by atoms with van der Waals surface area (Å²) < 4.78 is 27.3. The summed E-state index contributed by atoms with van der Waals surface area (Å²) in [6.45, 7) is 3.87. The van der Waals surface area contributed by atoms with Gasteiger partial charge in [-0.3, -0.25) is 4.79 Å². The molecule has 27 heavy (non-hydrogen) atoms. The van der Waals surface area contributed by atoms with Crippen molar-refractivity contribution in [1.82, 2.24) is 20.0 Å². The third-order valence-electron chi connectivity index (χ3n) is 4.17. The van der Waals surface area contributed by atoms with Gasteiger partial charge in [0.1, 0.15) is 5.82 Å². The van der Waals surface area contributed by atoms with E-state index in [0.29, 0.717) is 11.4 Å². The first-order valence-corrected chi connectivity index (χ1v) is 10.1. The molecule has 3 N–H and O–H groups in total. The number of amides is 1. The second-order valence-electron chi connectivity index (χ2n) is 6.39. The number of rotatable bonds is 7. The largest absolute Gasteiger partial charge is 0.349 e. The van der Waals surface area contributed by atoms with Crippen LogP contribution in [0.25, 0.3) is 11.0 Å². The van der Waals surface area contributed by atoms with Crippen molar-refractivity contribution >= 4 is 27.0 Å². The highest BCUT2D eigenvalue weighted by Crippen LogP contribution is 2.16. The summed E-state index contributed by atoms with van der Waals surface area (Å²) in [5, 5.41) is 2.74. The smallest absolute Gasteiger partial charge is 0.240 e. The van der Waals surface area contributed by atoms with Gasteiger partial charge < -0.3 is 10.3 Å². The number of sulfonamides is 1. The molecule has 0 saturated carbocycles. The summed E-state index contributed by atoms with van der Waals surface area (Å²) in [6, 6.07) is 12.9. The number of aryl methyl sites for hydroxylation is 2. The van der Waals surface area contributed by atoms with Crippen molar-refractivity contribution < 1.29 is 13.2 Å². The van der Waals surface area contributed by atoms with Crippen molar-refractivity contribution in [2.75, 3.05) is 6.54 Å². The maximum atomic E-state index is 12.4. The number of H-pyrrole nitrogens is 1. The van der Waals surface area contributed by atoms with E-state index >= 15 is 0 Å². The summed E-state index contributed by atoms with van der Waals surface area (Å²) in [5.41, 5.74) is 3.28. The number of aromatic amines is 1. The number of para-hydroxylation sites is 2. The summed E-state index contributed by atoms with van der Waals surface area (Å²) in [7, 11) is -3.64. The summed E-state index contributed by atoms with van der Waals surface area (Å²) in [6.07, 6.45) is 0.0460. The molecule has 1 amide bonds. The van der Waals surface area contributed by atoms with Gasteiger partial charge in [0.2, 0.25) is 15.9 Å². The molecule has 1 heterocycles. The summed E-state index contributed by atoms with van der Waals surface area (Å²) in [4.78, 5) is 19.7. The van der Waals surface area contributed by atoms with E-state index in [9.17, 15) is 13.2 Å². The molecule has 3 aromatic rings. The van der Waals surface area contributed by atoms with Crippen molar-refractivity contribution in [2.45, 2.75) is 31.7 Å². The molecular weight excluding hydrogens is 364 g/mol. The molecule has 8 heteroatoms. The van der Waals surface area contributed by atoms with Crippen LogP contribution in [0.15, 0.2) is 47.4 Å². The molecule has 0 bridgehead atoms. The third-order valence-corrected chi connectivity index (χ3v) is 5.77. The lowest BCUT2D eigenvalue weighted by atomic mass is 10.2. The molecule has 3 rings (SSSR count). The monoisotopic (exact) mass is 386 g/mol. The molecule has 0 atom stereocenters. The molecule has 142 valence electrons. The Kier molecular flexibility index (Phi) is 5.57. The van der Waals surface area contributed by atoms with E-state index in [-0.39, 0.29) is 30.3 Å². The number of nitrogens with one attached hydrogen (secondary N) is 3. The molecule has 0 spiro atoms. The maximum absolute atomic E-state index is 12.4. The number of hydrogen-bond acceptors (Lipinski definition) is 4. The van der Waals surface area contributed by atoms with Gasteiger partial charge in [-0.25, -0.2) is 18.1 Å². The third kappa shape index (κ3) is 4.72. The second-order valence-corrected chi connectivity index (χ2v) is 8.13. The second kappa shape index (κ2) is 7.89. The molecule has 1 aromatic heterocycles. The molecule has 0 aliphatic carbocycles. The Balaban J connectivity index is 1.51. The van der Waals surface area contributed by atoms with Gasteiger partial charge in [0, 0.05) is 13.0 Å². The Morgan fingerprint density at radius 3 is 2.70 bits per heavy atom. The minimum absolute atomic E-state index is 0.0294.